The minimum absolute atomic E-state index is 0.383. The van der Waals surface area contributed by atoms with Crippen molar-refractivity contribution in [2.24, 2.45) is 11.8 Å². The van der Waals surface area contributed by atoms with E-state index < -0.39 is 0 Å². The van der Waals surface area contributed by atoms with E-state index in [4.69, 9.17) is 0 Å². The Balaban J connectivity index is 2.00. The highest BCUT2D eigenvalue weighted by Gasteiger charge is 2.18. The first kappa shape index (κ1) is 14.0. The first-order chi connectivity index (χ1) is 8.95. The van der Waals surface area contributed by atoms with Crippen molar-refractivity contribution >= 4 is 5.69 Å². The van der Waals surface area contributed by atoms with E-state index >= 15 is 0 Å². The van der Waals surface area contributed by atoms with Crippen LogP contribution in [0.2, 0.25) is 0 Å². The predicted molar refractivity (Wildman–Crippen MR) is 81.7 cm³/mol. The topological polar surface area (TPSA) is 32.3 Å². The summed E-state index contributed by atoms with van der Waals surface area (Å²) in [6.07, 6.45) is 4.86. The van der Waals surface area contributed by atoms with Crippen molar-refractivity contribution in [3.8, 4) is 5.75 Å². The van der Waals surface area contributed by atoms with Crippen molar-refractivity contribution in [1.29, 1.82) is 0 Å². The molecule has 2 heteroatoms. The predicted octanol–water partition coefficient (Wildman–Crippen LogP) is 4.41. The highest BCUT2D eigenvalue weighted by Crippen LogP contribution is 2.29. The monoisotopic (exact) mass is 259 g/mol. The smallest absolute Gasteiger partial charge is 0.118 e. The van der Waals surface area contributed by atoms with Crippen molar-refractivity contribution in [1.82, 2.24) is 0 Å². The van der Waals surface area contributed by atoms with Gasteiger partial charge < -0.3 is 10.4 Å². The summed E-state index contributed by atoms with van der Waals surface area (Å²) in [7, 11) is 0. The van der Waals surface area contributed by atoms with Crippen molar-refractivity contribution in [3.63, 3.8) is 0 Å². The average molecular weight is 259 g/mol. The summed E-state index contributed by atoms with van der Waals surface area (Å²) < 4.78 is 0. The standard InChI is InChI=1S/C17H25NO/c1-11-5-12(2)7-15(6-11)10-18-16-8-14(4)17(19)9-13(16)3/h5,8-9,11,15,18-19H,6-7,10H2,1-4H3. The summed E-state index contributed by atoms with van der Waals surface area (Å²) in [6, 6.07) is 3.88. The fraction of sp³-hybridized carbons (Fsp3) is 0.529. The number of phenolic OH excluding ortho intramolecular Hbond substituents is 1. The first-order valence-electron chi connectivity index (χ1n) is 7.17. The molecule has 104 valence electrons. The van der Waals surface area contributed by atoms with Gasteiger partial charge in [0, 0.05) is 12.2 Å². The zero-order chi connectivity index (χ0) is 14.0. The number of rotatable bonds is 3. The number of nitrogens with one attached hydrogen (secondary N) is 1. The van der Waals surface area contributed by atoms with Crippen LogP contribution in [-0.4, -0.2) is 11.7 Å². The van der Waals surface area contributed by atoms with Crippen molar-refractivity contribution in [2.45, 2.75) is 40.5 Å². The molecule has 0 heterocycles. The number of hydrogen-bond donors (Lipinski definition) is 2. The van der Waals surface area contributed by atoms with Gasteiger partial charge in [0.05, 0.1) is 0 Å². The highest BCUT2D eigenvalue weighted by atomic mass is 16.3. The van der Waals surface area contributed by atoms with E-state index in [9.17, 15) is 5.11 Å². The molecule has 2 atom stereocenters. The average Bonchev–Trinajstić information content (AvgIpc) is 2.31. The summed E-state index contributed by atoms with van der Waals surface area (Å²) in [6.45, 7) is 9.52. The zero-order valence-electron chi connectivity index (χ0n) is 12.5. The van der Waals surface area contributed by atoms with Gasteiger partial charge in [-0.15, -0.1) is 0 Å². The Morgan fingerprint density at radius 1 is 1.21 bits per heavy atom. The van der Waals surface area contributed by atoms with Gasteiger partial charge in [-0.2, -0.15) is 0 Å². The largest absolute Gasteiger partial charge is 0.508 e. The van der Waals surface area contributed by atoms with Gasteiger partial charge in [0.15, 0.2) is 0 Å². The van der Waals surface area contributed by atoms with Crippen LogP contribution in [0.15, 0.2) is 23.8 Å². The van der Waals surface area contributed by atoms with Crippen LogP contribution in [0.5, 0.6) is 5.75 Å². The minimum atomic E-state index is 0.383. The van der Waals surface area contributed by atoms with Crippen LogP contribution >= 0.6 is 0 Å². The van der Waals surface area contributed by atoms with Crippen LogP contribution in [0, 0.1) is 25.7 Å². The van der Waals surface area contributed by atoms with Crippen LogP contribution in [0.3, 0.4) is 0 Å². The second kappa shape index (κ2) is 5.68. The maximum Gasteiger partial charge on any atom is 0.118 e. The molecule has 0 amide bonds. The molecule has 1 aromatic rings. The molecule has 0 bridgehead atoms. The van der Waals surface area contributed by atoms with Crippen molar-refractivity contribution in [3.05, 3.63) is 34.9 Å². The number of hydrogen-bond acceptors (Lipinski definition) is 2. The molecule has 2 N–H and O–H groups in total. The van der Waals surface area contributed by atoms with Gasteiger partial charge in [-0.3, -0.25) is 0 Å². The molecule has 0 aliphatic heterocycles. The van der Waals surface area contributed by atoms with Gasteiger partial charge in [0.25, 0.3) is 0 Å². The molecule has 2 nitrogen and oxygen atoms in total. The molecule has 0 aromatic heterocycles. The fourth-order valence-corrected chi connectivity index (χ4v) is 3.09. The molecule has 1 aliphatic carbocycles. The molecule has 0 radical (unpaired) electrons. The van der Waals surface area contributed by atoms with E-state index in [0.717, 1.165) is 23.4 Å². The van der Waals surface area contributed by atoms with Crippen LogP contribution in [0.1, 0.15) is 37.8 Å². The molecule has 2 rings (SSSR count). The molecular weight excluding hydrogens is 234 g/mol. The van der Waals surface area contributed by atoms with Gasteiger partial charge in [-0.25, -0.2) is 0 Å². The lowest BCUT2D eigenvalue weighted by atomic mass is 9.83. The van der Waals surface area contributed by atoms with E-state index in [0.29, 0.717) is 17.6 Å². The number of aryl methyl sites for hydroxylation is 2. The lowest BCUT2D eigenvalue weighted by Gasteiger charge is -2.26. The lowest BCUT2D eigenvalue weighted by molar-refractivity contribution is 0.421. The summed E-state index contributed by atoms with van der Waals surface area (Å²) in [5.74, 6) is 1.80. The zero-order valence-corrected chi connectivity index (χ0v) is 12.5. The van der Waals surface area contributed by atoms with Crippen LogP contribution < -0.4 is 5.32 Å². The van der Waals surface area contributed by atoms with Gasteiger partial charge in [0.2, 0.25) is 0 Å². The fourth-order valence-electron chi connectivity index (χ4n) is 3.09. The molecule has 0 spiro atoms. The molecule has 2 unspecified atom stereocenters. The second-order valence-electron chi connectivity index (χ2n) is 6.13. The quantitative estimate of drug-likeness (QED) is 0.622. The Morgan fingerprint density at radius 2 is 1.95 bits per heavy atom. The van der Waals surface area contributed by atoms with E-state index in [1.54, 1.807) is 0 Å². The normalized spacial score (nSPS) is 23.1. The van der Waals surface area contributed by atoms with Gasteiger partial charge >= 0.3 is 0 Å². The number of anilines is 1. The van der Waals surface area contributed by atoms with Gasteiger partial charge in [0.1, 0.15) is 5.75 Å². The number of aromatic hydroxyl groups is 1. The Kier molecular flexibility index (Phi) is 4.18. The molecule has 0 saturated carbocycles. The van der Waals surface area contributed by atoms with E-state index in [-0.39, 0.29) is 0 Å². The van der Waals surface area contributed by atoms with Crippen LogP contribution in [0.25, 0.3) is 0 Å². The van der Waals surface area contributed by atoms with E-state index in [2.05, 4.69) is 25.2 Å². The third kappa shape index (κ3) is 3.52. The summed E-state index contributed by atoms with van der Waals surface area (Å²) >= 11 is 0. The van der Waals surface area contributed by atoms with E-state index in [1.165, 1.54) is 18.4 Å². The third-order valence-electron chi connectivity index (χ3n) is 4.01. The number of phenols is 1. The molecule has 0 fully saturated rings. The highest BCUT2D eigenvalue weighted by molar-refractivity contribution is 5.56. The second-order valence-corrected chi connectivity index (χ2v) is 6.13. The maximum atomic E-state index is 9.68. The van der Waals surface area contributed by atoms with Crippen LogP contribution in [-0.2, 0) is 0 Å². The lowest BCUT2D eigenvalue weighted by Crippen LogP contribution is -2.20. The summed E-state index contributed by atoms with van der Waals surface area (Å²) in [5, 5.41) is 13.2. The SMILES string of the molecule is CC1=CC(C)CC(CNc2cc(C)c(O)cc2C)C1. The number of benzene rings is 1. The van der Waals surface area contributed by atoms with E-state index in [1.807, 2.05) is 26.0 Å². The number of allylic oxidation sites excluding steroid dienone is 2. The third-order valence-corrected chi connectivity index (χ3v) is 4.01. The summed E-state index contributed by atoms with van der Waals surface area (Å²) in [5.41, 5.74) is 4.71. The molecule has 1 aromatic carbocycles. The van der Waals surface area contributed by atoms with Crippen LogP contribution in [0.4, 0.5) is 5.69 Å². The summed E-state index contributed by atoms with van der Waals surface area (Å²) in [4.78, 5) is 0. The Bertz CT molecular complexity index is 490. The van der Waals surface area contributed by atoms with Gasteiger partial charge in [-0.05, 0) is 68.7 Å². The van der Waals surface area contributed by atoms with Gasteiger partial charge in [-0.1, -0.05) is 18.6 Å². The Morgan fingerprint density at radius 3 is 2.63 bits per heavy atom. The maximum absolute atomic E-state index is 9.68. The molecule has 0 saturated heterocycles. The molecule has 19 heavy (non-hydrogen) atoms. The molecule has 1 aliphatic rings. The van der Waals surface area contributed by atoms with Crippen molar-refractivity contribution in [2.75, 3.05) is 11.9 Å². The Hall–Kier alpha value is -1.44. The van der Waals surface area contributed by atoms with Crippen molar-refractivity contribution < 1.29 is 5.11 Å². The first-order valence-corrected chi connectivity index (χ1v) is 7.17. The minimum Gasteiger partial charge on any atom is -0.508 e. The molecular formula is C17H25NO. The Labute approximate surface area is 116 Å².